The quantitative estimate of drug-likeness (QED) is 0.174. The van der Waals surface area contributed by atoms with Crippen molar-refractivity contribution in [2.45, 2.75) is 44.0 Å². The zero-order chi connectivity index (χ0) is 35.0. The zero-order valence-corrected chi connectivity index (χ0v) is 28.2. The molecule has 3 heterocycles. The maximum atomic E-state index is 15.9. The predicted molar refractivity (Wildman–Crippen MR) is 176 cm³/mol. The topological polar surface area (TPSA) is 174 Å². The fraction of sp³-hybridized carbons (Fsp3) is 0.387. The Kier molecular flexibility index (Phi) is 10.3. The lowest BCUT2D eigenvalue weighted by molar-refractivity contribution is -0.139. The molecule has 0 bridgehead atoms. The number of carboxylic acids is 2. The molecule has 12 nitrogen and oxygen atoms in total. The third kappa shape index (κ3) is 7.57. The Bertz CT molecular complexity index is 1870. The van der Waals surface area contributed by atoms with Crippen molar-refractivity contribution < 1.29 is 46.5 Å². The van der Waals surface area contributed by atoms with E-state index in [4.69, 9.17) is 21.4 Å². The number of thiophene rings is 1. The highest BCUT2D eigenvalue weighted by Gasteiger charge is 2.42. The fourth-order valence-electron chi connectivity index (χ4n) is 5.79. The summed E-state index contributed by atoms with van der Waals surface area (Å²) >= 11 is 7.01. The van der Waals surface area contributed by atoms with Gasteiger partial charge in [-0.15, -0.1) is 11.3 Å². The first-order valence-electron chi connectivity index (χ1n) is 14.8. The van der Waals surface area contributed by atoms with Gasteiger partial charge in [0.05, 0.1) is 27.9 Å². The Balaban J connectivity index is 1.29. The Labute approximate surface area is 284 Å². The number of amides is 1. The van der Waals surface area contributed by atoms with Crippen molar-refractivity contribution in [2.75, 3.05) is 36.9 Å². The van der Waals surface area contributed by atoms with E-state index in [0.717, 1.165) is 6.07 Å². The lowest BCUT2D eigenvalue weighted by Gasteiger charge is -2.45. The van der Waals surface area contributed by atoms with Crippen molar-refractivity contribution in [3.8, 4) is 16.2 Å². The molecule has 1 aromatic heterocycles. The summed E-state index contributed by atoms with van der Waals surface area (Å²) in [6, 6.07) is 7.90. The zero-order valence-electron chi connectivity index (χ0n) is 25.8. The van der Waals surface area contributed by atoms with Crippen LogP contribution in [0.1, 0.15) is 41.9 Å². The first kappa shape index (κ1) is 35.5. The van der Waals surface area contributed by atoms with Gasteiger partial charge in [-0.25, -0.2) is 26.8 Å². The number of rotatable bonds is 12. The van der Waals surface area contributed by atoms with Crippen molar-refractivity contribution in [3.05, 3.63) is 63.5 Å². The molecule has 5 N–H and O–H groups in total. The molecule has 0 unspecified atom stereocenters. The van der Waals surface area contributed by atoms with Crippen LogP contribution in [0, 0.1) is 17.6 Å². The van der Waals surface area contributed by atoms with Gasteiger partial charge in [0.2, 0.25) is 15.9 Å². The van der Waals surface area contributed by atoms with Crippen LogP contribution < -0.4 is 20.7 Å². The third-order valence-electron chi connectivity index (χ3n) is 8.17. The maximum absolute atomic E-state index is 15.9. The normalized spacial score (nSPS) is 18.1. The van der Waals surface area contributed by atoms with Crippen LogP contribution in [-0.4, -0.2) is 78.6 Å². The van der Waals surface area contributed by atoms with Crippen molar-refractivity contribution in [1.82, 2.24) is 9.62 Å². The highest BCUT2D eigenvalue weighted by atomic mass is 35.5. The summed E-state index contributed by atoms with van der Waals surface area (Å²) in [6.07, 6.45) is 0.620. The molecular formula is C31H33ClF2N4O8S2. The van der Waals surface area contributed by atoms with E-state index in [0.29, 0.717) is 42.8 Å². The molecule has 1 atom stereocenters. The predicted octanol–water partition coefficient (Wildman–Crippen LogP) is 4.85. The molecule has 1 amide bonds. The molecule has 5 rings (SSSR count). The number of carboxylic acid groups (broad SMARTS) is 2. The van der Waals surface area contributed by atoms with Gasteiger partial charge in [0.25, 0.3) is 0 Å². The van der Waals surface area contributed by atoms with E-state index >= 15 is 4.39 Å². The summed E-state index contributed by atoms with van der Waals surface area (Å²) in [5.41, 5.74) is -0.624. The number of aromatic carboxylic acids is 1. The van der Waals surface area contributed by atoms with Gasteiger partial charge in [-0.2, -0.15) is 4.31 Å². The standard InChI is InChI=1S/C31H33ClF2N4O8S2/c1-31(2)11-18(8-9-38(31)48(44,45)15-16-6-7-20(33)22(10-16)37-29(41)17-12-35-13-17)36-21-5-3-4-19(25(21)34)27-24(32)26(46-14-23(39)40)28(47-27)30(42)43/h3-7,10,17-18,35-36H,8-9,11-15H2,1-2H3,(H,37,41)(H,39,40)(H,42,43)/t18-/m0/s1. The summed E-state index contributed by atoms with van der Waals surface area (Å²) in [6.45, 7) is 3.76. The SMILES string of the molecule is CC1(C)C[C@@H](Nc2cccc(-c3sc(C(=O)O)c(OCC(=O)O)c3Cl)c2F)CCN1S(=O)(=O)Cc1ccc(F)c(NC(=O)C2CNC2)c1. The lowest BCUT2D eigenvalue weighted by Crippen LogP contribution is -2.55. The van der Waals surface area contributed by atoms with Crippen molar-refractivity contribution >= 4 is 62.2 Å². The minimum absolute atomic E-state index is 0.0267. The molecule has 2 aliphatic rings. The Morgan fingerprint density at radius 3 is 2.50 bits per heavy atom. The number of nitrogens with one attached hydrogen (secondary N) is 3. The summed E-state index contributed by atoms with van der Waals surface area (Å²) in [5.74, 6) is -5.58. The minimum Gasteiger partial charge on any atom is -0.479 e. The van der Waals surface area contributed by atoms with Crippen LogP contribution >= 0.6 is 22.9 Å². The van der Waals surface area contributed by atoms with Gasteiger partial charge in [-0.05, 0) is 50.5 Å². The number of ether oxygens (including phenoxy) is 1. The smallest absolute Gasteiger partial charge is 0.349 e. The molecule has 2 aliphatic heterocycles. The number of halogens is 3. The molecule has 2 saturated heterocycles. The second kappa shape index (κ2) is 14.0. The average molecular weight is 727 g/mol. The van der Waals surface area contributed by atoms with E-state index < -0.39 is 51.5 Å². The van der Waals surface area contributed by atoms with Gasteiger partial charge >= 0.3 is 11.9 Å². The number of carbonyl (C=O) groups excluding carboxylic acids is 1. The summed E-state index contributed by atoms with van der Waals surface area (Å²) in [4.78, 5) is 34.7. The first-order valence-corrected chi connectivity index (χ1v) is 17.6. The van der Waals surface area contributed by atoms with E-state index in [1.165, 1.54) is 28.6 Å². The number of hydrogen-bond donors (Lipinski definition) is 5. The molecule has 17 heteroatoms. The van der Waals surface area contributed by atoms with Gasteiger partial charge in [0.15, 0.2) is 23.1 Å². The number of nitrogens with zero attached hydrogens (tertiary/aromatic N) is 1. The van der Waals surface area contributed by atoms with Gasteiger partial charge in [0.1, 0.15) is 10.8 Å². The monoisotopic (exact) mass is 726 g/mol. The van der Waals surface area contributed by atoms with Crippen LogP contribution in [0.5, 0.6) is 5.75 Å². The third-order valence-corrected chi connectivity index (χ3v) is 11.9. The van der Waals surface area contributed by atoms with Crippen LogP contribution in [0.25, 0.3) is 10.4 Å². The molecule has 0 spiro atoms. The van der Waals surface area contributed by atoms with Gasteiger partial charge in [0, 0.05) is 36.8 Å². The lowest BCUT2D eigenvalue weighted by atomic mass is 9.89. The second-order valence-corrected chi connectivity index (χ2v) is 15.5. The highest BCUT2D eigenvalue weighted by molar-refractivity contribution is 7.88. The van der Waals surface area contributed by atoms with Crippen molar-refractivity contribution in [1.29, 1.82) is 0 Å². The van der Waals surface area contributed by atoms with Crippen LogP contribution in [0.3, 0.4) is 0 Å². The van der Waals surface area contributed by atoms with E-state index in [1.54, 1.807) is 19.9 Å². The molecular weight excluding hydrogens is 694 g/mol. The first-order chi connectivity index (χ1) is 22.6. The van der Waals surface area contributed by atoms with E-state index in [-0.39, 0.29) is 61.9 Å². The van der Waals surface area contributed by atoms with Crippen LogP contribution in [0.4, 0.5) is 20.2 Å². The van der Waals surface area contributed by atoms with Crippen LogP contribution in [-0.2, 0) is 25.4 Å². The van der Waals surface area contributed by atoms with Gasteiger partial charge in [-0.3, -0.25) is 4.79 Å². The Hall–Kier alpha value is -3.83. The van der Waals surface area contributed by atoms with Crippen LogP contribution in [0.15, 0.2) is 36.4 Å². The molecule has 2 aromatic carbocycles. The molecule has 0 radical (unpaired) electrons. The number of anilines is 2. The number of sulfonamides is 1. The summed E-state index contributed by atoms with van der Waals surface area (Å²) < 4.78 is 64.1. The molecule has 0 saturated carbocycles. The number of carbonyl (C=O) groups is 3. The molecule has 258 valence electrons. The van der Waals surface area contributed by atoms with Gasteiger partial charge < -0.3 is 30.9 Å². The average Bonchev–Trinajstić information content (AvgIpc) is 3.29. The van der Waals surface area contributed by atoms with Crippen LogP contribution in [0.2, 0.25) is 5.02 Å². The molecule has 2 fully saturated rings. The van der Waals surface area contributed by atoms with Gasteiger partial charge in [-0.1, -0.05) is 29.8 Å². The largest absolute Gasteiger partial charge is 0.479 e. The second-order valence-electron chi connectivity index (χ2n) is 12.2. The maximum Gasteiger partial charge on any atom is 0.349 e. The fourth-order valence-corrected chi connectivity index (χ4v) is 9.17. The summed E-state index contributed by atoms with van der Waals surface area (Å²) in [7, 11) is -3.91. The number of hydrogen-bond acceptors (Lipinski definition) is 9. The Morgan fingerprint density at radius 2 is 1.88 bits per heavy atom. The number of piperidine rings is 1. The number of aliphatic carboxylic acids is 1. The molecule has 0 aliphatic carbocycles. The molecule has 3 aromatic rings. The molecule has 48 heavy (non-hydrogen) atoms. The minimum atomic E-state index is -3.91. The van der Waals surface area contributed by atoms with Crippen molar-refractivity contribution in [2.24, 2.45) is 5.92 Å². The summed E-state index contributed by atoms with van der Waals surface area (Å²) in [5, 5.41) is 27.0. The van der Waals surface area contributed by atoms with E-state index in [2.05, 4.69) is 16.0 Å². The van der Waals surface area contributed by atoms with E-state index in [9.17, 15) is 32.3 Å². The number of benzene rings is 2. The van der Waals surface area contributed by atoms with E-state index in [1.807, 2.05) is 0 Å². The van der Waals surface area contributed by atoms with Crippen molar-refractivity contribution in [3.63, 3.8) is 0 Å². The Morgan fingerprint density at radius 1 is 1.15 bits per heavy atom. The highest BCUT2D eigenvalue weighted by Crippen LogP contribution is 2.47.